The van der Waals surface area contributed by atoms with Crippen molar-refractivity contribution in [2.24, 2.45) is 17.0 Å². The Hall–Kier alpha value is -2.72. The number of H-pyrrole nitrogens is 1. The van der Waals surface area contributed by atoms with Gasteiger partial charge < -0.3 is 4.98 Å². The van der Waals surface area contributed by atoms with Crippen molar-refractivity contribution >= 4 is 10.9 Å². The predicted molar refractivity (Wildman–Crippen MR) is 125 cm³/mol. The summed E-state index contributed by atoms with van der Waals surface area (Å²) in [5.74, 6) is 0.650. The number of nitroso groups, excluding NO2 is 1. The van der Waals surface area contributed by atoms with E-state index in [0.717, 1.165) is 38.8 Å². The summed E-state index contributed by atoms with van der Waals surface area (Å²) < 4.78 is 0. The minimum Gasteiger partial charge on any atom is -0.357 e. The van der Waals surface area contributed by atoms with E-state index in [1.165, 1.54) is 33.3 Å². The van der Waals surface area contributed by atoms with E-state index in [1.807, 2.05) is 6.07 Å². The molecule has 0 amide bonds. The first-order valence-corrected chi connectivity index (χ1v) is 11.6. The lowest BCUT2D eigenvalue weighted by Crippen LogP contribution is -2.55. The molecule has 3 unspecified atom stereocenters. The second-order valence-electron chi connectivity index (χ2n) is 9.87. The first kappa shape index (κ1) is 19.0. The summed E-state index contributed by atoms with van der Waals surface area (Å²) in [7, 11) is 0. The van der Waals surface area contributed by atoms with E-state index in [-0.39, 0.29) is 17.5 Å². The molecule has 158 valence electrons. The van der Waals surface area contributed by atoms with E-state index in [4.69, 9.17) is 0 Å². The molecule has 4 nitrogen and oxygen atoms in total. The summed E-state index contributed by atoms with van der Waals surface area (Å²) >= 11 is 0. The molecular weight excluding hydrogens is 382 g/mol. The van der Waals surface area contributed by atoms with Gasteiger partial charge in [0.15, 0.2) is 0 Å². The number of rotatable bonds is 3. The van der Waals surface area contributed by atoms with E-state index in [2.05, 4.69) is 76.6 Å². The van der Waals surface area contributed by atoms with E-state index >= 15 is 0 Å². The maximum Gasteiger partial charge on any atom is 0.0991 e. The number of hydrogen-bond acceptors (Lipinski definition) is 3. The van der Waals surface area contributed by atoms with Crippen LogP contribution in [-0.4, -0.2) is 29.0 Å². The van der Waals surface area contributed by atoms with E-state index in [0.29, 0.717) is 5.92 Å². The van der Waals surface area contributed by atoms with Gasteiger partial charge in [0.1, 0.15) is 0 Å². The van der Waals surface area contributed by atoms with Crippen molar-refractivity contribution in [1.82, 2.24) is 9.88 Å². The van der Waals surface area contributed by atoms with Gasteiger partial charge in [0.05, 0.1) is 11.6 Å². The molecule has 4 atom stereocenters. The number of piperidine rings is 1. The van der Waals surface area contributed by atoms with Crippen LogP contribution in [-0.2, 0) is 18.4 Å². The second kappa shape index (κ2) is 7.16. The van der Waals surface area contributed by atoms with Gasteiger partial charge >= 0.3 is 0 Å². The van der Waals surface area contributed by atoms with Gasteiger partial charge in [0, 0.05) is 35.6 Å². The van der Waals surface area contributed by atoms with Gasteiger partial charge in [-0.05, 0) is 55.7 Å². The van der Waals surface area contributed by atoms with Crippen LogP contribution in [0.3, 0.4) is 0 Å². The third kappa shape index (κ3) is 3.00. The van der Waals surface area contributed by atoms with Crippen LogP contribution in [0.4, 0.5) is 0 Å². The fourth-order valence-electron chi connectivity index (χ4n) is 6.49. The quantitative estimate of drug-likeness (QED) is 0.451. The number of hydrogen-bond donors (Lipinski definition) is 1. The summed E-state index contributed by atoms with van der Waals surface area (Å²) in [5.41, 5.74) is 6.94. The molecule has 3 heterocycles. The zero-order valence-electron chi connectivity index (χ0n) is 18.1. The molecule has 0 saturated carbocycles. The third-order valence-electron chi connectivity index (χ3n) is 8.12. The molecule has 0 spiro atoms. The lowest BCUT2D eigenvalue weighted by Gasteiger charge is -2.53. The monoisotopic (exact) mass is 411 g/mol. The van der Waals surface area contributed by atoms with Crippen LogP contribution in [0.15, 0.2) is 71.4 Å². The molecule has 1 N–H and O–H groups in total. The van der Waals surface area contributed by atoms with E-state index in [1.54, 1.807) is 0 Å². The average molecular weight is 412 g/mol. The van der Waals surface area contributed by atoms with Crippen LogP contribution >= 0.6 is 0 Å². The number of aromatic nitrogens is 1. The Balaban J connectivity index is 1.34. The van der Waals surface area contributed by atoms with Crippen molar-refractivity contribution < 1.29 is 0 Å². The first-order valence-electron chi connectivity index (χ1n) is 11.6. The highest BCUT2D eigenvalue weighted by Crippen LogP contribution is 2.50. The van der Waals surface area contributed by atoms with Crippen molar-refractivity contribution in [3.63, 3.8) is 0 Å². The Morgan fingerprint density at radius 2 is 1.94 bits per heavy atom. The summed E-state index contributed by atoms with van der Waals surface area (Å²) in [5, 5.41) is 4.98. The van der Waals surface area contributed by atoms with Gasteiger partial charge in [0.2, 0.25) is 0 Å². The lowest BCUT2D eigenvalue weighted by molar-refractivity contribution is 0.0395. The van der Waals surface area contributed by atoms with Crippen LogP contribution in [0.25, 0.3) is 10.9 Å². The normalized spacial score (nSPS) is 30.2. The van der Waals surface area contributed by atoms with Crippen LogP contribution in [0, 0.1) is 16.7 Å². The molecule has 1 fully saturated rings. The third-order valence-corrected chi connectivity index (χ3v) is 8.12. The van der Waals surface area contributed by atoms with Gasteiger partial charge in [0.25, 0.3) is 0 Å². The molecule has 3 aromatic rings. The van der Waals surface area contributed by atoms with Crippen molar-refractivity contribution in [3.05, 3.63) is 88.0 Å². The maximum atomic E-state index is 11.8. The molecule has 6 rings (SSSR count). The minimum absolute atomic E-state index is 0.00564. The SMILES string of the molecule is C[C@@]12CC3CC(N=O)C(Cc4ccccc4)C=C3CN1CCc1c2[nH]c2ccccc12. The average Bonchev–Trinajstić information content (AvgIpc) is 3.18. The molecule has 1 saturated heterocycles. The van der Waals surface area contributed by atoms with Gasteiger partial charge in [-0.1, -0.05) is 65.4 Å². The number of fused-ring (bicyclic) bond motifs is 6. The highest BCUT2D eigenvalue weighted by atomic mass is 16.3. The summed E-state index contributed by atoms with van der Waals surface area (Å²) in [6.45, 7) is 4.50. The zero-order chi connectivity index (χ0) is 21.0. The van der Waals surface area contributed by atoms with Gasteiger partial charge in [-0.2, -0.15) is 4.91 Å². The van der Waals surface area contributed by atoms with Crippen molar-refractivity contribution in [3.8, 4) is 0 Å². The molecule has 0 radical (unpaired) electrons. The Bertz CT molecular complexity index is 1160. The molecule has 1 aromatic heterocycles. The number of benzene rings is 2. The molecule has 0 bridgehead atoms. The number of aromatic amines is 1. The standard InChI is InChI=1S/C27H29N3O/c1-27-16-20-15-25(29-31)19(13-18-7-3-2-4-8-18)14-21(20)17-30(27)12-11-23-22-9-5-6-10-24(22)28-26(23)27/h2-10,14,19-20,25,28H,11-13,15-17H2,1H3/t19?,20?,25?,27-/m0/s1. The first-order chi connectivity index (χ1) is 15.2. The van der Waals surface area contributed by atoms with Gasteiger partial charge in [-0.25, -0.2) is 0 Å². The molecule has 2 aromatic carbocycles. The van der Waals surface area contributed by atoms with Gasteiger partial charge in [-0.3, -0.25) is 4.90 Å². The molecule has 3 aliphatic rings. The molecule has 31 heavy (non-hydrogen) atoms. The summed E-state index contributed by atoms with van der Waals surface area (Å²) in [6.07, 6.45) is 6.35. The highest BCUT2D eigenvalue weighted by molar-refractivity contribution is 5.85. The van der Waals surface area contributed by atoms with Crippen molar-refractivity contribution in [2.45, 2.75) is 44.2 Å². The van der Waals surface area contributed by atoms with Crippen molar-refractivity contribution in [2.75, 3.05) is 13.1 Å². The largest absolute Gasteiger partial charge is 0.357 e. The van der Waals surface area contributed by atoms with Crippen LogP contribution < -0.4 is 0 Å². The molecular formula is C27H29N3O. The highest BCUT2D eigenvalue weighted by Gasteiger charge is 2.48. The second-order valence-corrected chi connectivity index (χ2v) is 9.87. The van der Waals surface area contributed by atoms with Crippen molar-refractivity contribution in [1.29, 1.82) is 0 Å². The number of nitrogens with zero attached hydrogens (tertiary/aromatic N) is 2. The Morgan fingerprint density at radius 1 is 1.13 bits per heavy atom. The zero-order valence-corrected chi connectivity index (χ0v) is 18.1. The van der Waals surface area contributed by atoms with Crippen LogP contribution in [0.2, 0.25) is 0 Å². The lowest BCUT2D eigenvalue weighted by atomic mass is 9.67. The predicted octanol–water partition coefficient (Wildman–Crippen LogP) is 5.59. The molecule has 1 aliphatic carbocycles. The molecule has 4 heteroatoms. The Morgan fingerprint density at radius 3 is 2.77 bits per heavy atom. The number of nitrogens with one attached hydrogen (secondary N) is 1. The minimum atomic E-state index is -0.130. The smallest absolute Gasteiger partial charge is 0.0991 e. The molecule has 2 aliphatic heterocycles. The number of para-hydroxylation sites is 1. The Kier molecular flexibility index (Phi) is 4.39. The van der Waals surface area contributed by atoms with Crippen LogP contribution in [0.5, 0.6) is 0 Å². The van der Waals surface area contributed by atoms with E-state index in [9.17, 15) is 4.91 Å². The fraction of sp³-hybridized carbons (Fsp3) is 0.407. The summed E-state index contributed by atoms with van der Waals surface area (Å²) in [4.78, 5) is 18.3. The summed E-state index contributed by atoms with van der Waals surface area (Å²) in [6, 6.07) is 19.1. The van der Waals surface area contributed by atoms with E-state index < -0.39 is 0 Å². The van der Waals surface area contributed by atoms with Crippen LogP contribution in [0.1, 0.15) is 36.6 Å². The maximum absolute atomic E-state index is 11.8. The van der Waals surface area contributed by atoms with Gasteiger partial charge in [-0.15, -0.1) is 0 Å². The Labute approximate surface area is 183 Å². The topological polar surface area (TPSA) is 48.5 Å². The fourth-order valence-corrected chi connectivity index (χ4v) is 6.49.